The van der Waals surface area contributed by atoms with Crippen LogP contribution >= 0.6 is 27.5 Å². The van der Waals surface area contributed by atoms with E-state index in [2.05, 4.69) is 21.2 Å². The van der Waals surface area contributed by atoms with Crippen LogP contribution in [0.25, 0.3) is 0 Å². The highest BCUT2D eigenvalue weighted by Gasteiger charge is 2.38. The van der Waals surface area contributed by atoms with Crippen molar-refractivity contribution in [2.24, 2.45) is 5.92 Å². The lowest BCUT2D eigenvalue weighted by Crippen LogP contribution is -2.52. The molecule has 118 valence electrons. The van der Waals surface area contributed by atoms with Gasteiger partial charge in [-0.2, -0.15) is 0 Å². The van der Waals surface area contributed by atoms with Gasteiger partial charge in [0.15, 0.2) is 0 Å². The first-order valence-electron chi connectivity index (χ1n) is 6.29. The summed E-state index contributed by atoms with van der Waals surface area (Å²) in [6.45, 7) is 0. The van der Waals surface area contributed by atoms with Gasteiger partial charge in [0.05, 0.1) is 12.8 Å². The van der Waals surface area contributed by atoms with Gasteiger partial charge in [-0.1, -0.05) is 27.5 Å². The van der Waals surface area contributed by atoms with Gasteiger partial charge in [-0.05, 0) is 24.3 Å². The summed E-state index contributed by atoms with van der Waals surface area (Å²) in [5, 5.41) is 2.77. The van der Waals surface area contributed by atoms with Crippen molar-refractivity contribution in [1.29, 1.82) is 0 Å². The molecule has 0 saturated heterocycles. The molecule has 0 aliphatic carbocycles. The van der Waals surface area contributed by atoms with Crippen LogP contribution in [0.15, 0.2) is 33.8 Å². The van der Waals surface area contributed by atoms with Crippen LogP contribution in [0.5, 0.6) is 0 Å². The fraction of sp³-hybridized carbons (Fsp3) is 0.286. The highest BCUT2D eigenvalue weighted by atomic mass is 79.9. The van der Waals surface area contributed by atoms with Crippen LogP contribution in [-0.2, 0) is 14.3 Å². The van der Waals surface area contributed by atoms with E-state index in [1.54, 1.807) is 6.07 Å². The van der Waals surface area contributed by atoms with Gasteiger partial charge in [-0.25, -0.2) is 4.39 Å². The van der Waals surface area contributed by atoms with Crippen molar-refractivity contribution < 1.29 is 18.7 Å². The first-order chi connectivity index (χ1) is 10.3. The number of nitrogens with zero attached hydrogens (tertiary/aromatic N) is 1. The number of likely N-dealkylation sites (N-methyl/N-ethyl adjacent to an activating group) is 1. The lowest BCUT2D eigenvalue weighted by Gasteiger charge is -2.36. The minimum atomic E-state index is -0.844. The summed E-state index contributed by atoms with van der Waals surface area (Å²) in [5.74, 6) is -2.40. The lowest BCUT2D eigenvalue weighted by atomic mass is 10.00. The van der Waals surface area contributed by atoms with E-state index in [1.807, 2.05) is 0 Å². The Bertz CT molecular complexity index is 653. The van der Waals surface area contributed by atoms with Crippen molar-refractivity contribution in [1.82, 2.24) is 4.90 Å². The predicted octanol–water partition coefficient (Wildman–Crippen LogP) is 2.71. The third kappa shape index (κ3) is 3.25. The molecule has 1 heterocycles. The Morgan fingerprint density at radius 2 is 2.18 bits per heavy atom. The molecule has 1 aromatic rings. The average molecular weight is 392 g/mol. The van der Waals surface area contributed by atoms with Gasteiger partial charge in [-0.3, -0.25) is 9.59 Å². The molecule has 1 amide bonds. The van der Waals surface area contributed by atoms with Gasteiger partial charge >= 0.3 is 5.97 Å². The van der Waals surface area contributed by atoms with Crippen LogP contribution in [0.3, 0.4) is 0 Å². The normalized spacial score (nSPS) is 21.4. The fourth-order valence-corrected chi connectivity index (χ4v) is 2.74. The third-order valence-corrected chi connectivity index (χ3v) is 4.10. The van der Waals surface area contributed by atoms with Crippen LogP contribution in [0, 0.1) is 11.7 Å². The highest BCUT2D eigenvalue weighted by molar-refractivity contribution is 9.10. The summed E-state index contributed by atoms with van der Waals surface area (Å²) in [4.78, 5) is 25.1. The molecule has 2 rings (SSSR count). The summed E-state index contributed by atoms with van der Waals surface area (Å²) < 4.78 is 19.3. The fourth-order valence-electron chi connectivity index (χ4n) is 2.14. The maximum atomic E-state index is 14.0. The lowest BCUT2D eigenvalue weighted by molar-refractivity contribution is -0.147. The SMILES string of the molecule is COC(=O)C1C=C(Cl)C(=O)N(C)C1Nc1ccc(Br)cc1F. The molecule has 0 saturated carbocycles. The summed E-state index contributed by atoms with van der Waals surface area (Å²) in [6.07, 6.45) is 0.502. The number of methoxy groups -OCH3 is 1. The average Bonchev–Trinajstić information content (AvgIpc) is 2.49. The number of halogens is 3. The van der Waals surface area contributed by atoms with Gasteiger partial charge in [0.25, 0.3) is 5.91 Å². The zero-order chi connectivity index (χ0) is 16.4. The molecular formula is C14H13BrClFN2O3. The Morgan fingerprint density at radius 3 is 2.77 bits per heavy atom. The second kappa shape index (κ2) is 6.66. The summed E-state index contributed by atoms with van der Waals surface area (Å²) in [7, 11) is 2.71. The monoisotopic (exact) mass is 390 g/mol. The molecule has 8 heteroatoms. The number of rotatable bonds is 3. The molecule has 0 fully saturated rings. The van der Waals surface area contributed by atoms with Crippen molar-refractivity contribution in [2.75, 3.05) is 19.5 Å². The number of carbonyl (C=O) groups is 2. The minimum Gasteiger partial charge on any atom is -0.468 e. The Labute approximate surface area is 140 Å². The quantitative estimate of drug-likeness (QED) is 0.805. The smallest absolute Gasteiger partial charge is 0.316 e. The molecule has 2 unspecified atom stereocenters. The van der Waals surface area contributed by atoms with Crippen molar-refractivity contribution in [3.63, 3.8) is 0 Å². The second-order valence-electron chi connectivity index (χ2n) is 4.69. The molecule has 5 nitrogen and oxygen atoms in total. The number of nitrogens with one attached hydrogen (secondary N) is 1. The van der Waals surface area contributed by atoms with Crippen molar-refractivity contribution in [2.45, 2.75) is 6.17 Å². The number of benzene rings is 1. The van der Waals surface area contributed by atoms with E-state index in [4.69, 9.17) is 16.3 Å². The predicted molar refractivity (Wildman–Crippen MR) is 83.7 cm³/mol. The molecule has 0 radical (unpaired) electrons. The largest absolute Gasteiger partial charge is 0.468 e. The summed E-state index contributed by atoms with van der Waals surface area (Å²) in [6, 6.07) is 4.43. The Hall–Kier alpha value is -1.60. The van der Waals surface area contributed by atoms with Crippen LogP contribution in [0.4, 0.5) is 10.1 Å². The first-order valence-corrected chi connectivity index (χ1v) is 7.46. The molecule has 22 heavy (non-hydrogen) atoms. The van der Waals surface area contributed by atoms with Gasteiger partial charge in [0.1, 0.15) is 22.9 Å². The number of amides is 1. The van der Waals surface area contributed by atoms with Crippen LogP contribution in [0.2, 0.25) is 0 Å². The molecular weight excluding hydrogens is 379 g/mol. The van der Waals surface area contributed by atoms with E-state index in [0.717, 1.165) is 0 Å². The number of esters is 1. The Morgan fingerprint density at radius 1 is 1.50 bits per heavy atom. The number of carbonyl (C=O) groups excluding carboxylic acids is 2. The topological polar surface area (TPSA) is 58.6 Å². The minimum absolute atomic E-state index is 0.0766. The molecule has 1 aliphatic heterocycles. The number of anilines is 1. The van der Waals surface area contributed by atoms with E-state index in [0.29, 0.717) is 4.47 Å². The van der Waals surface area contributed by atoms with Crippen molar-refractivity contribution in [3.8, 4) is 0 Å². The summed E-state index contributed by atoms with van der Waals surface area (Å²) in [5.41, 5.74) is 0.160. The maximum absolute atomic E-state index is 14.0. The maximum Gasteiger partial charge on any atom is 0.316 e. The molecule has 1 aliphatic rings. The molecule has 1 aromatic carbocycles. The van der Waals surface area contributed by atoms with Gasteiger partial charge < -0.3 is 15.0 Å². The zero-order valence-electron chi connectivity index (χ0n) is 11.8. The van der Waals surface area contributed by atoms with Gasteiger partial charge in [0, 0.05) is 11.5 Å². The van der Waals surface area contributed by atoms with E-state index in [9.17, 15) is 14.0 Å². The first kappa shape index (κ1) is 16.8. The molecule has 2 atom stereocenters. The van der Waals surface area contributed by atoms with E-state index < -0.39 is 29.8 Å². The van der Waals surface area contributed by atoms with Gasteiger partial charge in [0.2, 0.25) is 0 Å². The Balaban J connectivity index is 2.36. The van der Waals surface area contributed by atoms with Crippen LogP contribution in [-0.4, -0.2) is 37.1 Å². The molecule has 0 bridgehead atoms. The standard InChI is InChI=1S/C14H13BrClFN2O3/c1-19-12(18-11-4-3-7(15)5-10(11)17)8(14(21)22-2)6-9(16)13(19)20/h3-6,8,12,18H,1-2H3. The molecule has 1 N–H and O–H groups in total. The Kier molecular flexibility index (Phi) is 5.08. The van der Waals surface area contributed by atoms with E-state index in [-0.39, 0.29) is 10.7 Å². The second-order valence-corrected chi connectivity index (χ2v) is 6.02. The van der Waals surface area contributed by atoms with E-state index in [1.165, 1.54) is 37.3 Å². The zero-order valence-corrected chi connectivity index (χ0v) is 14.1. The van der Waals surface area contributed by atoms with Crippen molar-refractivity contribution in [3.05, 3.63) is 39.6 Å². The summed E-state index contributed by atoms with van der Waals surface area (Å²) >= 11 is 9.00. The van der Waals surface area contributed by atoms with Crippen LogP contribution < -0.4 is 5.32 Å². The third-order valence-electron chi connectivity index (χ3n) is 3.32. The number of hydrogen-bond acceptors (Lipinski definition) is 4. The van der Waals surface area contributed by atoms with Gasteiger partial charge in [-0.15, -0.1) is 0 Å². The number of hydrogen-bond donors (Lipinski definition) is 1. The van der Waals surface area contributed by atoms with Crippen molar-refractivity contribution >= 4 is 45.1 Å². The van der Waals surface area contributed by atoms with Crippen LogP contribution in [0.1, 0.15) is 0 Å². The molecule has 0 spiro atoms. The highest BCUT2D eigenvalue weighted by Crippen LogP contribution is 2.28. The number of ether oxygens (including phenoxy) is 1. The van der Waals surface area contributed by atoms with E-state index >= 15 is 0 Å². The molecule has 0 aromatic heterocycles.